The summed E-state index contributed by atoms with van der Waals surface area (Å²) < 4.78 is 25.4. The maximum absolute atomic E-state index is 12.4. The maximum Gasteiger partial charge on any atom is 0.237 e. The zero-order chi connectivity index (χ0) is 17.0. The minimum atomic E-state index is -3.45. The summed E-state index contributed by atoms with van der Waals surface area (Å²) in [7, 11) is -1.43. The molecule has 0 bridgehead atoms. The van der Waals surface area contributed by atoms with Crippen LogP contribution < -0.4 is 0 Å². The summed E-state index contributed by atoms with van der Waals surface area (Å²) in [5.74, 6) is -0.128. The van der Waals surface area contributed by atoms with Gasteiger partial charge in [0.2, 0.25) is 15.9 Å². The topological polar surface area (TPSA) is 60.9 Å². The van der Waals surface area contributed by atoms with Crippen LogP contribution >= 0.6 is 0 Å². The standard InChI is InChI=1S/C16H25N3O3S/c1-14-6-4-5-7-15(14)12-19(23(3,21)22)13-16(20)18-10-8-17(2)9-11-18/h4-7H,8-13H2,1-3H3. The Morgan fingerprint density at radius 1 is 1.17 bits per heavy atom. The Kier molecular flexibility index (Phi) is 5.78. The van der Waals surface area contributed by atoms with E-state index in [0.717, 1.165) is 30.5 Å². The predicted molar refractivity (Wildman–Crippen MR) is 90.5 cm³/mol. The van der Waals surface area contributed by atoms with E-state index >= 15 is 0 Å². The van der Waals surface area contributed by atoms with Crippen molar-refractivity contribution in [2.24, 2.45) is 0 Å². The van der Waals surface area contributed by atoms with Crippen LogP contribution in [0.5, 0.6) is 0 Å². The molecular formula is C16H25N3O3S. The first kappa shape index (κ1) is 17.9. The number of hydrogen-bond acceptors (Lipinski definition) is 4. The number of likely N-dealkylation sites (N-methyl/N-ethyl adjacent to an activating group) is 1. The molecule has 1 fully saturated rings. The second-order valence-corrected chi connectivity index (χ2v) is 8.12. The summed E-state index contributed by atoms with van der Waals surface area (Å²) >= 11 is 0. The Balaban J connectivity index is 2.08. The second-order valence-electron chi connectivity index (χ2n) is 6.14. The Bertz CT molecular complexity index is 652. The average Bonchev–Trinajstić information content (AvgIpc) is 2.48. The predicted octanol–water partition coefficient (Wildman–Crippen LogP) is 0.531. The van der Waals surface area contributed by atoms with E-state index in [2.05, 4.69) is 4.90 Å². The molecule has 128 valence electrons. The molecule has 0 radical (unpaired) electrons. The van der Waals surface area contributed by atoms with Gasteiger partial charge < -0.3 is 9.80 Å². The molecule has 0 unspecified atom stereocenters. The fourth-order valence-electron chi connectivity index (χ4n) is 2.57. The lowest BCUT2D eigenvalue weighted by atomic mass is 10.1. The van der Waals surface area contributed by atoms with Gasteiger partial charge in [0.1, 0.15) is 0 Å². The molecule has 1 aromatic rings. The molecule has 0 saturated carbocycles. The lowest BCUT2D eigenvalue weighted by molar-refractivity contribution is -0.133. The third kappa shape index (κ3) is 5.02. The molecule has 0 aromatic heterocycles. The van der Waals surface area contributed by atoms with Crippen molar-refractivity contribution in [2.75, 3.05) is 46.0 Å². The molecule has 0 N–H and O–H groups in total. The third-order valence-corrected chi connectivity index (χ3v) is 5.44. The van der Waals surface area contributed by atoms with Gasteiger partial charge in [-0.25, -0.2) is 8.42 Å². The summed E-state index contributed by atoms with van der Waals surface area (Å²) in [4.78, 5) is 16.3. The summed E-state index contributed by atoms with van der Waals surface area (Å²) in [6.07, 6.45) is 1.16. The van der Waals surface area contributed by atoms with Crippen LogP contribution in [0.1, 0.15) is 11.1 Å². The number of carbonyl (C=O) groups excluding carboxylic acids is 1. The molecule has 1 heterocycles. The Labute approximate surface area is 138 Å². The van der Waals surface area contributed by atoms with Gasteiger partial charge >= 0.3 is 0 Å². The van der Waals surface area contributed by atoms with E-state index in [0.29, 0.717) is 13.1 Å². The fraction of sp³-hybridized carbons (Fsp3) is 0.562. The summed E-state index contributed by atoms with van der Waals surface area (Å²) in [6.45, 7) is 5.01. The van der Waals surface area contributed by atoms with Crippen molar-refractivity contribution in [3.63, 3.8) is 0 Å². The molecule has 7 heteroatoms. The Hall–Kier alpha value is -1.44. The highest BCUT2D eigenvalue weighted by molar-refractivity contribution is 7.88. The van der Waals surface area contributed by atoms with Crippen molar-refractivity contribution in [2.45, 2.75) is 13.5 Å². The van der Waals surface area contributed by atoms with Crippen LogP contribution in [-0.4, -0.2) is 74.5 Å². The van der Waals surface area contributed by atoms with Gasteiger partial charge in [-0.2, -0.15) is 4.31 Å². The van der Waals surface area contributed by atoms with E-state index in [4.69, 9.17) is 0 Å². The molecular weight excluding hydrogens is 314 g/mol. The molecule has 0 atom stereocenters. The first-order valence-corrected chi connectivity index (χ1v) is 9.58. The normalized spacial score (nSPS) is 16.8. The zero-order valence-electron chi connectivity index (χ0n) is 14.0. The van der Waals surface area contributed by atoms with Crippen molar-refractivity contribution in [3.8, 4) is 0 Å². The molecule has 1 aromatic carbocycles. The van der Waals surface area contributed by atoms with Crippen LogP contribution in [0.15, 0.2) is 24.3 Å². The van der Waals surface area contributed by atoms with Gasteiger partial charge in [-0.1, -0.05) is 24.3 Å². The number of piperazine rings is 1. The number of hydrogen-bond donors (Lipinski definition) is 0. The third-order valence-electron chi connectivity index (χ3n) is 4.24. The minimum absolute atomic E-state index is 0.100. The smallest absolute Gasteiger partial charge is 0.237 e. The molecule has 1 amide bonds. The quantitative estimate of drug-likeness (QED) is 0.785. The van der Waals surface area contributed by atoms with E-state index in [1.807, 2.05) is 38.2 Å². The SMILES string of the molecule is Cc1ccccc1CN(CC(=O)N1CCN(C)CC1)S(C)(=O)=O. The number of rotatable bonds is 5. The summed E-state index contributed by atoms with van der Waals surface area (Å²) in [5, 5.41) is 0. The van der Waals surface area contributed by atoms with Gasteiger partial charge in [-0.05, 0) is 25.1 Å². The monoisotopic (exact) mass is 339 g/mol. The second kappa shape index (κ2) is 7.42. The van der Waals surface area contributed by atoms with Crippen LogP contribution in [0.2, 0.25) is 0 Å². The van der Waals surface area contributed by atoms with Crippen LogP contribution in [-0.2, 0) is 21.4 Å². The van der Waals surface area contributed by atoms with E-state index < -0.39 is 10.0 Å². The van der Waals surface area contributed by atoms with Gasteiger partial charge in [0.15, 0.2) is 0 Å². The molecule has 1 saturated heterocycles. The van der Waals surface area contributed by atoms with E-state index in [1.165, 1.54) is 4.31 Å². The van der Waals surface area contributed by atoms with Crippen molar-refractivity contribution in [1.82, 2.24) is 14.1 Å². The lowest BCUT2D eigenvalue weighted by Gasteiger charge is -2.33. The molecule has 1 aliphatic rings. The summed E-state index contributed by atoms with van der Waals surface area (Å²) in [5.41, 5.74) is 1.94. The molecule has 0 spiro atoms. The van der Waals surface area contributed by atoms with Crippen LogP contribution in [0.25, 0.3) is 0 Å². The van der Waals surface area contributed by atoms with E-state index in [1.54, 1.807) is 4.90 Å². The van der Waals surface area contributed by atoms with Gasteiger partial charge in [-0.3, -0.25) is 4.79 Å². The Morgan fingerprint density at radius 3 is 2.35 bits per heavy atom. The van der Waals surface area contributed by atoms with Crippen molar-refractivity contribution < 1.29 is 13.2 Å². The van der Waals surface area contributed by atoms with Gasteiger partial charge in [0, 0.05) is 32.7 Å². The maximum atomic E-state index is 12.4. The summed E-state index contributed by atoms with van der Waals surface area (Å²) in [6, 6.07) is 7.63. The first-order chi connectivity index (χ1) is 10.8. The first-order valence-electron chi connectivity index (χ1n) is 7.73. The highest BCUT2D eigenvalue weighted by atomic mass is 32.2. The van der Waals surface area contributed by atoms with Crippen molar-refractivity contribution in [3.05, 3.63) is 35.4 Å². The van der Waals surface area contributed by atoms with Crippen LogP contribution in [0.4, 0.5) is 0 Å². The zero-order valence-corrected chi connectivity index (χ0v) is 14.8. The number of sulfonamides is 1. The van der Waals surface area contributed by atoms with Gasteiger partial charge in [-0.15, -0.1) is 0 Å². The van der Waals surface area contributed by atoms with Crippen LogP contribution in [0.3, 0.4) is 0 Å². The highest BCUT2D eigenvalue weighted by Crippen LogP contribution is 2.13. The number of aryl methyl sites for hydroxylation is 1. The minimum Gasteiger partial charge on any atom is -0.339 e. The molecule has 1 aliphatic heterocycles. The van der Waals surface area contributed by atoms with Gasteiger partial charge in [0.25, 0.3) is 0 Å². The number of carbonyl (C=O) groups is 1. The molecule has 23 heavy (non-hydrogen) atoms. The molecule has 6 nitrogen and oxygen atoms in total. The molecule has 0 aliphatic carbocycles. The fourth-order valence-corrected chi connectivity index (χ4v) is 3.29. The van der Waals surface area contributed by atoms with E-state index in [-0.39, 0.29) is 19.0 Å². The largest absolute Gasteiger partial charge is 0.339 e. The van der Waals surface area contributed by atoms with Crippen molar-refractivity contribution >= 4 is 15.9 Å². The molecule has 2 rings (SSSR count). The number of amides is 1. The van der Waals surface area contributed by atoms with E-state index in [9.17, 15) is 13.2 Å². The van der Waals surface area contributed by atoms with Crippen LogP contribution in [0, 0.1) is 6.92 Å². The van der Waals surface area contributed by atoms with Gasteiger partial charge in [0.05, 0.1) is 12.8 Å². The number of nitrogens with zero attached hydrogens (tertiary/aromatic N) is 3. The van der Waals surface area contributed by atoms with Crippen molar-refractivity contribution in [1.29, 1.82) is 0 Å². The highest BCUT2D eigenvalue weighted by Gasteiger charge is 2.25. The number of benzene rings is 1. The lowest BCUT2D eigenvalue weighted by Crippen LogP contribution is -2.50. The Morgan fingerprint density at radius 2 is 1.78 bits per heavy atom. The average molecular weight is 339 g/mol.